The van der Waals surface area contributed by atoms with E-state index in [2.05, 4.69) is 15.0 Å². The molecule has 3 heterocycles. The minimum absolute atomic E-state index is 0. The first-order valence-corrected chi connectivity index (χ1v) is 14.4. The van der Waals surface area contributed by atoms with Gasteiger partial charge in [-0.05, 0) is 55.0 Å². The van der Waals surface area contributed by atoms with Gasteiger partial charge in [-0.3, -0.25) is 9.78 Å². The number of halogens is 1. The van der Waals surface area contributed by atoms with Crippen LogP contribution in [-0.2, 0) is 16.4 Å². The van der Waals surface area contributed by atoms with Gasteiger partial charge < -0.3 is 9.55 Å². The molecule has 3 aromatic heterocycles. The molecule has 0 aliphatic carbocycles. The molecule has 0 aliphatic heterocycles. The average Bonchev–Trinajstić information content (AvgIpc) is 3.58. The number of nitrogens with zero attached hydrogens (tertiary/aromatic N) is 3. The maximum absolute atomic E-state index is 13.9. The number of carbonyl (C=O) groups excluding carboxylic acids is 1. The van der Waals surface area contributed by atoms with Crippen LogP contribution in [0.25, 0.3) is 22.3 Å². The van der Waals surface area contributed by atoms with Gasteiger partial charge in [0.1, 0.15) is 5.69 Å². The third-order valence-electron chi connectivity index (χ3n) is 6.69. The number of benzene rings is 3. The molecule has 200 valence electrons. The number of rotatable bonds is 7. The van der Waals surface area contributed by atoms with Crippen LogP contribution in [0, 0.1) is 6.92 Å². The maximum atomic E-state index is 13.9. The van der Waals surface area contributed by atoms with Gasteiger partial charge in [0.25, 0.3) is 0 Å². The number of aromatic amines is 1. The van der Waals surface area contributed by atoms with E-state index in [9.17, 15) is 13.2 Å². The molecule has 0 aliphatic rings. The van der Waals surface area contributed by atoms with Gasteiger partial charge in [0, 0.05) is 36.3 Å². The van der Waals surface area contributed by atoms with Crippen LogP contribution in [0.15, 0.2) is 113 Å². The Labute approximate surface area is 237 Å². The van der Waals surface area contributed by atoms with E-state index in [4.69, 9.17) is 11.6 Å². The molecule has 0 unspecified atom stereocenters. The van der Waals surface area contributed by atoms with E-state index in [1.165, 1.54) is 0 Å². The van der Waals surface area contributed by atoms with Gasteiger partial charge >= 0.3 is 0 Å². The normalized spacial score (nSPS) is 11.7. The number of para-hydroxylation sites is 1. The average molecular weight is 569 g/mol. The number of H-pyrrole nitrogens is 1. The zero-order valence-electron chi connectivity index (χ0n) is 21.4. The lowest BCUT2D eigenvalue weighted by molar-refractivity contribution is 0.103. The highest BCUT2D eigenvalue weighted by Crippen LogP contribution is 2.31. The Balaban J connectivity index is 0.00000337. The van der Waals surface area contributed by atoms with Crippen LogP contribution < -0.4 is 0 Å². The summed E-state index contributed by atoms with van der Waals surface area (Å²) in [4.78, 5) is 25.7. The van der Waals surface area contributed by atoms with E-state index in [1.807, 2.05) is 60.0 Å². The Morgan fingerprint density at radius 2 is 1.68 bits per heavy atom. The molecule has 0 bridgehead atoms. The second-order valence-electron chi connectivity index (χ2n) is 9.44. The van der Waals surface area contributed by atoms with E-state index >= 15 is 0 Å². The topological polar surface area (TPSA) is 97.7 Å². The van der Waals surface area contributed by atoms with Crippen molar-refractivity contribution < 1.29 is 14.6 Å². The summed E-state index contributed by atoms with van der Waals surface area (Å²) in [5.74, 6) is -0.505. The summed E-state index contributed by atoms with van der Waals surface area (Å²) in [5.41, 5.74) is 3.66. The van der Waals surface area contributed by atoms with E-state index in [0.29, 0.717) is 22.8 Å². The molecule has 0 spiro atoms. The van der Waals surface area contributed by atoms with Crippen LogP contribution in [-0.4, -0.2) is 33.7 Å². The third kappa shape index (κ3) is 4.72. The molecule has 9 heteroatoms. The zero-order chi connectivity index (χ0) is 27.9. The standard InChI is InChI=1S/C31H23ClN4O3S.H2/c1-20-9-15-23(16-10-20)40(38,39)31-28(26-7-4-5-17-33-26)34-30(35-31)29(37)25-19-36(27-8-3-2-6-24(25)27)18-21-11-13-22(32)14-12-21;/h2-17,19H,18H2,1H3,(H,34,35);1H. The fourth-order valence-electron chi connectivity index (χ4n) is 4.64. The quantitative estimate of drug-likeness (QED) is 0.215. The summed E-state index contributed by atoms with van der Waals surface area (Å²) in [5, 5.41) is 1.21. The van der Waals surface area contributed by atoms with Crippen LogP contribution in [0.5, 0.6) is 0 Å². The SMILES string of the molecule is Cc1ccc(S(=O)(=O)c2[nH]c(C(=O)c3cn(Cc4ccc(Cl)cc4)c4ccccc34)nc2-c2ccccn2)cc1.[HH]. The molecular formula is C31H25ClN4O3S. The van der Waals surface area contributed by atoms with Gasteiger partial charge in [-0.2, -0.15) is 0 Å². The molecule has 0 saturated carbocycles. The number of carbonyl (C=O) groups is 1. The van der Waals surface area contributed by atoms with Crippen molar-refractivity contribution in [2.45, 2.75) is 23.4 Å². The van der Waals surface area contributed by atoms with Crippen molar-refractivity contribution in [3.05, 3.63) is 131 Å². The predicted molar refractivity (Wildman–Crippen MR) is 156 cm³/mol. The first kappa shape index (κ1) is 25.7. The van der Waals surface area contributed by atoms with E-state index in [0.717, 1.165) is 22.0 Å². The van der Waals surface area contributed by atoms with Crippen LogP contribution in [0.2, 0.25) is 5.02 Å². The van der Waals surface area contributed by atoms with Gasteiger partial charge in [-0.1, -0.05) is 65.7 Å². The molecule has 0 atom stereocenters. The van der Waals surface area contributed by atoms with Crippen molar-refractivity contribution in [1.82, 2.24) is 19.5 Å². The molecular weight excluding hydrogens is 544 g/mol. The molecule has 0 radical (unpaired) electrons. The van der Waals surface area contributed by atoms with Crippen molar-refractivity contribution in [1.29, 1.82) is 0 Å². The third-order valence-corrected chi connectivity index (χ3v) is 8.67. The highest BCUT2D eigenvalue weighted by molar-refractivity contribution is 7.91. The molecule has 40 heavy (non-hydrogen) atoms. The van der Waals surface area contributed by atoms with Crippen LogP contribution in [0.1, 0.15) is 28.7 Å². The lowest BCUT2D eigenvalue weighted by Gasteiger charge is -2.05. The van der Waals surface area contributed by atoms with Crippen molar-refractivity contribution in [3.8, 4) is 11.4 Å². The molecule has 0 amide bonds. The van der Waals surface area contributed by atoms with Crippen molar-refractivity contribution in [3.63, 3.8) is 0 Å². The summed E-state index contributed by atoms with van der Waals surface area (Å²) < 4.78 is 29.4. The number of ketones is 1. The molecule has 7 nitrogen and oxygen atoms in total. The van der Waals surface area contributed by atoms with E-state index in [-0.39, 0.29) is 22.9 Å². The first-order valence-electron chi connectivity index (χ1n) is 12.5. The Kier molecular flexibility index (Phi) is 6.57. The Hall–Kier alpha value is -4.53. The van der Waals surface area contributed by atoms with Crippen LogP contribution >= 0.6 is 11.6 Å². The summed E-state index contributed by atoms with van der Waals surface area (Å²) in [6.45, 7) is 2.40. The number of hydrogen-bond donors (Lipinski definition) is 1. The molecule has 3 aromatic carbocycles. The lowest BCUT2D eigenvalue weighted by atomic mass is 10.1. The largest absolute Gasteiger partial charge is 0.342 e. The Morgan fingerprint density at radius 3 is 2.40 bits per heavy atom. The zero-order valence-corrected chi connectivity index (χ0v) is 22.9. The number of aromatic nitrogens is 4. The maximum Gasteiger partial charge on any atom is 0.230 e. The number of fused-ring (bicyclic) bond motifs is 1. The molecule has 0 fully saturated rings. The molecule has 0 saturated heterocycles. The fourth-order valence-corrected chi connectivity index (χ4v) is 6.14. The van der Waals surface area contributed by atoms with Gasteiger partial charge in [0.2, 0.25) is 15.6 Å². The number of hydrogen-bond acceptors (Lipinski definition) is 5. The second-order valence-corrected chi connectivity index (χ2v) is 11.8. The number of imidazole rings is 1. The van der Waals surface area contributed by atoms with Crippen molar-refractivity contribution >= 4 is 38.1 Å². The summed E-state index contributed by atoms with van der Waals surface area (Å²) in [7, 11) is -4.04. The van der Waals surface area contributed by atoms with Crippen molar-refractivity contribution in [2.75, 3.05) is 0 Å². The summed E-state index contributed by atoms with van der Waals surface area (Å²) >= 11 is 6.05. The number of sulfone groups is 1. The van der Waals surface area contributed by atoms with Gasteiger partial charge in [0.15, 0.2) is 10.9 Å². The monoisotopic (exact) mass is 568 g/mol. The molecule has 1 N–H and O–H groups in total. The van der Waals surface area contributed by atoms with Gasteiger partial charge in [-0.15, -0.1) is 0 Å². The predicted octanol–water partition coefficient (Wildman–Crippen LogP) is 6.75. The minimum atomic E-state index is -4.04. The lowest BCUT2D eigenvalue weighted by Crippen LogP contribution is -2.06. The van der Waals surface area contributed by atoms with Crippen molar-refractivity contribution in [2.24, 2.45) is 0 Å². The van der Waals surface area contributed by atoms with Gasteiger partial charge in [-0.25, -0.2) is 13.4 Å². The fraction of sp³-hybridized carbons (Fsp3) is 0.0645. The smallest absolute Gasteiger partial charge is 0.230 e. The second kappa shape index (κ2) is 10.2. The highest BCUT2D eigenvalue weighted by Gasteiger charge is 2.30. The van der Waals surface area contributed by atoms with Gasteiger partial charge in [0.05, 0.1) is 16.2 Å². The van der Waals surface area contributed by atoms with E-state index in [1.54, 1.807) is 54.9 Å². The summed E-state index contributed by atoms with van der Waals surface area (Å²) in [6.07, 6.45) is 3.33. The molecule has 6 aromatic rings. The van der Waals surface area contributed by atoms with Crippen LogP contribution in [0.3, 0.4) is 0 Å². The number of nitrogens with one attached hydrogen (secondary N) is 1. The summed E-state index contributed by atoms with van der Waals surface area (Å²) in [6, 6.07) is 26.8. The number of aryl methyl sites for hydroxylation is 1. The van der Waals surface area contributed by atoms with E-state index < -0.39 is 15.6 Å². The first-order chi connectivity index (χ1) is 19.3. The Morgan fingerprint density at radius 1 is 0.950 bits per heavy atom. The van der Waals surface area contributed by atoms with Crippen LogP contribution in [0.4, 0.5) is 0 Å². The number of pyridine rings is 1. The highest BCUT2D eigenvalue weighted by atomic mass is 35.5. The Bertz CT molecular complexity index is 1970. The molecule has 6 rings (SSSR count). The minimum Gasteiger partial charge on any atom is -0.342 e.